The summed E-state index contributed by atoms with van der Waals surface area (Å²) in [6, 6.07) is 5.66. The van der Waals surface area contributed by atoms with E-state index in [1.165, 1.54) is 38.5 Å². The summed E-state index contributed by atoms with van der Waals surface area (Å²) < 4.78 is 0. The fourth-order valence-electron chi connectivity index (χ4n) is 2.48. The van der Waals surface area contributed by atoms with Crippen molar-refractivity contribution in [3.8, 4) is 6.07 Å². The monoisotopic (exact) mass is 229 g/mol. The fourth-order valence-corrected chi connectivity index (χ4v) is 2.48. The van der Waals surface area contributed by atoms with E-state index in [9.17, 15) is 0 Å². The molecule has 1 fully saturated rings. The molecule has 1 aromatic heterocycles. The van der Waals surface area contributed by atoms with Crippen LogP contribution in [0.15, 0.2) is 18.3 Å². The predicted molar refractivity (Wildman–Crippen MR) is 68.6 cm³/mol. The van der Waals surface area contributed by atoms with Crippen LogP contribution in [0.1, 0.15) is 44.1 Å². The Morgan fingerprint density at radius 1 is 1.35 bits per heavy atom. The largest absolute Gasteiger partial charge is 0.370 e. The number of anilines is 1. The van der Waals surface area contributed by atoms with Gasteiger partial charge in [0.05, 0.1) is 11.6 Å². The van der Waals surface area contributed by atoms with Gasteiger partial charge in [0.2, 0.25) is 0 Å². The zero-order valence-corrected chi connectivity index (χ0v) is 10.2. The molecule has 0 amide bonds. The maximum Gasteiger partial charge on any atom is 0.127 e. The van der Waals surface area contributed by atoms with E-state index in [0.717, 1.165) is 18.3 Å². The van der Waals surface area contributed by atoms with Gasteiger partial charge in [0, 0.05) is 12.7 Å². The van der Waals surface area contributed by atoms with Crippen molar-refractivity contribution in [2.24, 2.45) is 5.92 Å². The summed E-state index contributed by atoms with van der Waals surface area (Å²) in [5, 5.41) is 12.1. The van der Waals surface area contributed by atoms with Gasteiger partial charge < -0.3 is 5.32 Å². The molecule has 0 bridgehead atoms. The second kappa shape index (κ2) is 6.24. The highest BCUT2D eigenvalue weighted by molar-refractivity contribution is 5.42. The first-order chi connectivity index (χ1) is 8.38. The Hall–Kier alpha value is -1.56. The number of nitriles is 1. The topological polar surface area (TPSA) is 48.7 Å². The lowest BCUT2D eigenvalue weighted by Crippen LogP contribution is -2.12. The predicted octanol–water partition coefficient (Wildman–Crippen LogP) is 3.34. The average molecular weight is 229 g/mol. The van der Waals surface area contributed by atoms with Gasteiger partial charge in [-0.2, -0.15) is 5.26 Å². The van der Waals surface area contributed by atoms with E-state index in [-0.39, 0.29) is 0 Å². The van der Waals surface area contributed by atoms with Gasteiger partial charge in [0.15, 0.2) is 0 Å². The van der Waals surface area contributed by atoms with Crippen molar-refractivity contribution in [2.75, 3.05) is 11.9 Å². The zero-order valence-electron chi connectivity index (χ0n) is 10.2. The van der Waals surface area contributed by atoms with Crippen molar-refractivity contribution in [3.63, 3.8) is 0 Å². The van der Waals surface area contributed by atoms with Crippen molar-refractivity contribution >= 4 is 5.82 Å². The number of hydrogen-bond donors (Lipinski definition) is 1. The third-order valence-electron chi connectivity index (χ3n) is 3.47. The normalized spacial score (nSPS) is 16.4. The molecule has 3 nitrogen and oxygen atoms in total. The van der Waals surface area contributed by atoms with Crippen LogP contribution < -0.4 is 5.32 Å². The molecule has 1 aromatic rings. The van der Waals surface area contributed by atoms with E-state index in [4.69, 9.17) is 5.26 Å². The number of hydrogen-bond acceptors (Lipinski definition) is 3. The highest BCUT2D eigenvalue weighted by Gasteiger charge is 2.12. The molecule has 3 heteroatoms. The van der Waals surface area contributed by atoms with Crippen LogP contribution >= 0.6 is 0 Å². The van der Waals surface area contributed by atoms with Gasteiger partial charge >= 0.3 is 0 Å². The molecular formula is C14H19N3. The molecule has 0 saturated heterocycles. The molecule has 1 N–H and O–H groups in total. The van der Waals surface area contributed by atoms with Gasteiger partial charge in [-0.3, -0.25) is 0 Å². The summed E-state index contributed by atoms with van der Waals surface area (Å²) in [7, 11) is 0. The van der Waals surface area contributed by atoms with Gasteiger partial charge in [0.25, 0.3) is 0 Å². The summed E-state index contributed by atoms with van der Waals surface area (Å²) in [4.78, 5) is 4.21. The van der Waals surface area contributed by atoms with Crippen LogP contribution in [0.4, 0.5) is 5.82 Å². The van der Waals surface area contributed by atoms with Crippen molar-refractivity contribution in [1.29, 1.82) is 5.26 Å². The average Bonchev–Trinajstić information content (AvgIpc) is 2.40. The summed E-state index contributed by atoms with van der Waals surface area (Å²) in [6.07, 6.45) is 9.87. The Morgan fingerprint density at radius 2 is 2.18 bits per heavy atom. The van der Waals surface area contributed by atoms with E-state index >= 15 is 0 Å². The number of nitrogens with one attached hydrogen (secondary N) is 1. The molecule has 1 aliphatic rings. The van der Waals surface area contributed by atoms with E-state index in [0.29, 0.717) is 5.56 Å². The highest BCUT2D eigenvalue weighted by Crippen LogP contribution is 2.26. The summed E-state index contributed by atoms with van der Waals surface area (Å²) in [5.41, 5.74) is 0.667. The van der Waals surface area contributed by atoms with Crippen LogP contribution in [0, 0.1) is 17.2 Å². The minimum atomic E-state index is 0.667. The van der Waals surface area contributed by atoms with Crippen molar-refractivity contribution in [1.82, 2.24) is 4.98 Å². The van der Waals surface area contributed by atoms with Crippen LogP contribution in [0.2, 0.25) is 0 Å². The van der Waals surface area contributed by atoms with Crippen LogP contribution in [0.25, 0.3) is 0 Å². The lowest BCUT2D eigenvalue weighted by Gasteiger charge is -2.21. The molecule has 0 aromatic carbocycles. The standard InChI is InChI=1S/C14H19N3/c15-11-13-7-9-17-14(10-13)16-8-6-12-4-2-1-3-5-12/h7,9-10,12H,1-6,8H2,(H,16,17). The van der Waals surface area contributed by atoms with Crippen molar-refractivity contribution < 1.29 is 0 Å². The maximum atomic E-state index is 8.79. The third-order valence-corrected chi connectivity index (χ3v) is 3.47. The minimum Gasteiger partial charge on any atom is -0.370 e. The summed E-state index contributed by atoms with van der Waals surface area (Å²) >= 11 is 0. The Kier molecular flexibility index (Phi) is 4.37. The number of aromatic nitrogens is 1. The van der Waals surface area contributed by atoms with Crippen LogP contribution in [0.5, 0.6) is 0 Å². The van der Waals surface area contributed by atoms with Crippen LogP contribution in [-0.2, 0) is 0 Å². The number of rotatable bonds is 4. The molecule has 0 unspecified atom stereocenters. The Bertz CT molecular complexity index is 389. The molecule has 1 saturated carbocycles. The lowest BCUT2D eigenvalue weighted by molar-refractivity contribution is 0.345. The minimum absolute atomic E-state index is 0.667. The molecule has 0 aliphatic heterocycles. The molecule has 17 heavy (non-hydrogen) atoms. The smallest absolute Gasteiger partial charge is 0.127 e. The highest BCUT2D eigenvalue weighted by atomic mass is 15.0. The number of nitrogens with zero attached hydrogens (tertiary/aromatic N) is 2. The van der Waals surface area contributed by atoms with E-state index in [1.54, 1.807) is 18.3 Å². The van der Waals surface area contributed by atoms with Crippen LogP contribution in [0.3, 0.4) is 0 Å². The van der Waals surface area contributed by atoms with Crippen LogP contribution in [-0.4, -0.2) is 11.5 Å². The zero-order chi connectivity index (χ0) is 11.9. The molecule has 90 valence electrons. The third kappa shape index (κ3) is 3.74. The van der Waals surface area contributed by atoms with E-state index < -0.39 is 0 Å². The van der Waals surface area contributed by atoms with E-state index in [1.807, 2.05) is 0 Å². The first-order valence-electron chi connectivity index (χ1n) is 6.48. The second-order valence-corrected chi connectivity index (χ2v) is 4.76. The van der Waals surface area contributed by atoms with Gasteiger partial charge in [-0.25, -0.2) is 4.98 Å². The fraction of sp³-hybridized carbons (Fsp3) is 0.571. The molecule has 0 radical (unpaired) electrons. The van der Waals surface area contributed by atoms with Crippen molar-refractivity contribution in [2.45, 2.75) is 38.5 Å². The van der Waals surface area contributed by atoms with Crippen molar-refractivity contribution in [3.05, 3.63) is 23.9 Å². The number of pyridine rings is 1. The quantitative estimate of drug-likeness (QED) is 0.861. The second-order valence-electron chi connectivity index (χ2n) is 4.76. The molecule has 2 rings (SSSR count). The Balaban J connectivity index is 1.75. The first-order valence-corrected chi connectivity index (χ1v) is 6.48. The SMILES string of the molecule is N#Cc1ccnc(NCCC2CCCCC2)c1. The van der Waals surface area contributed by atoms with Gasteiger partial charge in [0.1, 0.15) is 5.82 Å². The van der Waals surface area contributed by atoms with Gasteiger partial charge in [-0.05, 0) is 24.5 Å². The molecule has 0 atom stereocenters. The summed E-state index contributed by atoms with van der Waals surface area (Å²) in [5.74, 6) is 1.70. The Labute approximate surface area is 103 Å². The van der Waals surface area contributed by atoms with Gasteiger partial charge in [-0.15, -0.1) is 0 Å². The van der Waals surface area contributed by atoms with E-state index in [2.05, 4.69) is 16.4 Å². The lowest BCUT2D eigenvalue weighted by atomic mass is 9.87. The Morgan fingerprint density at radius 3 is 2.94 bits per heavy atom. The molecule has 0 spiro atoms. The summed E-state index contributed by atoms with van der Waals surface area (Å²) in [6.45, 7) is 0.965. The molecular weight excluding hydrogens is 210 g/mol. The maximum absolute atomic E-state index is 8.79. The first kappa shape index (κ1) is 11.9. The van der Waals surface area contributed by atoms with Gasteiger partial charge in [-0.1, -0.05) is 32.1 Å². The molecule has 1 aliphatic carbocycles. The molecule has 1 heterocycles.